The van der Waals surface area contributed by atoms with E-state index in [1.165, 1.54) is 5.56 Å². The number of rotatable bonds is 5. The molecular weight excluding hydrogens is 356 g/mol. The van der Waals surface area contributed by atoms with E-state index in [0.29, 0.717) is 17.5 Å². The van der Waals surface area contributed by atoms with Crippen molar-refractivity contribution in [2.75, 3.05) is 33.9 Å². The third-order valence-corrected chi connectivity index (χ3v) is 5.86. The molecule has 0 aromatic carbocycles. The second-order valence-electron chi connectivity index (χ2n) is 7.31. The molecule has 2 unspecified atom stereocenters. The molecule has 0 spiro atoms. The molecule has 0 N–H and O–H groups in total. The summed E-state index contributed by atoms with van der Waals surface area (Å²) in [4.78, 5) is 25.5. The number of hydrogen-bond donors (Lipinski definition) is 0. The first kappa shape index (κ1) is 18.8. The maximum atomic E-state index is 12.7. The van der Waals surface area contributed by atoms with Crippen LogP contribution in [-0.4, -0.2) is 71.7 Å². The third kappa shape index (κ3) is 3.59. The molecule has 7 nitrogen and oxygen atoms in total. The van der Waals surface area contributed by atoms with Crippen LogP contribution in [0, 0.1) is 0 Å². The monoisotopic (exact) mass is 382 g/mol. The highest BCUT2D eigenvalue weighted by Gasteiger charge is 2.44. The topological polar surface area (TPSA) is 67.8 Å². The van der Waals surface area contributed by atoms with Gasteiger partial charge >= 0.3 is 0 Å². The molecule has 1 amide bonds. The largest absolute Gasteiger partial charge is 0.481 e. The van der Waals surface area contributed by atoms with Crippen LogP contribution in [0.5, 0.6) is 5.88 Å². The van der Waals surface area contributed by atoms with E-state index in [0.717, 1.165) is 32.5 Å². The Morgan fingerprint density at radius 2 is 1.86 bits per heavy atom. The lowest BCUT2D eigenvalue weighted by Crippen LogP contribution is -2.60. The van der Waals surface area contributed by atoms with Gasteiger partial charge in [-0.25, -0.2) is 4.98 Å². The fraction of sp³-hybridized carbons (Fsp3) is 0.476. The molecule has 2 aromatic rings. The Morgan fingerprint density at radius 3 is 2.46 bits per heavy atom. The van der Waals surface area contributed by atoms with Gasteiger partial charge < -0.3 is 14.4 Å². The molecule has 7 heteroatoms. The third-order valence-electron chi connectivity index (χ3n) is 5.86. The van der Waals surface area contributed by atoms with Crippen molar-refractivity contribution in [1.82, 2.24) is 19.8 Å². The number of carbonyl (C=O) groups is 1. The van der Waals surface area contributed by atoms with E-state index in [2.05, 4.69) is 27.0 Å². The number of aromatic nitrogens is 2. The molecule has 0 aliphatic carbocycles. The minimum absolute atomic E-state index is 0.0395. The van der Waals surface area contributed by atoms with Gasteiger partial charge in [-0.2, -0.15) is 0 Å². The molecule has 0 radical (unpaired) electrons. The van der Waals surface area contributed by atoms with E-state index in [1.807, 2.05) is 17.3 Å². The fourth-order valence-corrected chi connectivity index (χ4v) is 4.25. The van der Waals surface area contributed by atoms with Gasteiger partial charge in [0.2, 0.25) is 5.88 Å². The molecule has 2 aliphatic rings. The van der Waals surface area contributed by atoms with Crippen LogP contribution in [0.3, 0.4) is 0 Å². The van der Waals surface area contributed by atoms with Crippen molar-refractivity contribution in [3.05, 3.63) is 54.0 Å². The summed E-state index contributed by atoms with van der Waals surface area (Å²) in [6.45, 7) is 2.45. The summed E-state index contributed by atoms with van der Waals surface area (Å²) in [5.74, 6) is 0.556. The first-order valence-electron chi connectivity index (χ1n) is 9.69. The number of methoxy groups -OCH3 is 2. The van der Waals surface area contributed by atoms with Crippen molar-refractivity contribution < 1.29 is 14.3 Å². The normalized spacial score (nSPS) is 23.3. The SMILES string of the molecule is COc1ccc(C(=O)N2CCC(N3CC(OC)C3c3ccncc3)CC2)cn1. The van der Waals surface area contributed by atoms with Gasteiger partial charge in [-0.05, 0) is 36.6 Å². The molecule has 2 atom stereocenters. The molecule has 2 aromatic heterocycles. The minimum atomic E-state index is 0.0395. The van der Waals surface area contributed by atoms with Crippen LogP contribution in [0.1, 0.15) is 34.8 Å². The highest BCUT2D eigenvalue weighted by Crippen LogP contribution is 2.39. The Bertz CT molecular complexity index is 791. The van der Waals surface area contributed by atoms with Crippen molar-refractivity contribution in [2.45, 2.75) is 31.0 Å². The molecule has 148 valence electrons. The molecule has 2 fully saturated rings. The Kier molecular flexibility index (Phi) is 5.54. The molecule has 2 saturated heterocycles. The summed E-state index contributed by atoms with van der Waals surface area (Å²) in [5, 5.41) is 0. The van der Waals surface area contributed by atoms with Gasteiger partial charge in [-0.3, -0.25) is 14.7 Å². The number of ether oxygens (including phenoxy) is 2. The van der Waals surface area contributed by atoms with Gasteiger partial charge in [0.15, 0.2) is 0 Å². The van der Waals surface area contributed by atoms with Crippen LogP contribution in [0.4, 0.5) is 0 Å². The lowest BCUT2D eigenvalue weighted by molar-refractivity contribution is -0.115. The first-order chi connectivity index (χ1) is 13.7. The smallest absolute Gasteiger partial charge is 0.255 e. The lowest BCUT2D eigenvalue weighted by atomic mass is 9.87. The number of likely N-dealkylation sites (tertiary alicyclic amines) is 2. The first-order valence-corrected chi connectivity index (χ1v) is 9.69. The van der Waals surface area contributed by atoms with Gasteiger partial charge in [0.05, 0.1) is 24.8 Å². The molecule has 28 heavy (non-hydrogen) atoms. The fourth-order valence-electron chi connectivity index (χ4n) is 4.25. The molecule has 0 saturated carbocycles. The van der Waals surface area contributed by atoms with Gasteiger partial charge in [-0.1, -0.05) is 0 Å². The lowest BCUT2D eigenvalue weighted by Gasteiger charge is -2.53. The maximum Gasteiger partial charge on any atom is 0.255 e. The number of nitrogens with zero attached hydrogens (tertiary/aromatic N) is 4. The van der Waals surface area contributed by atoms with Crippen LogP contribution < -0.4 is 4.74 Å². The summed E-state index contributed by atoms with van der Waals surface area (Å²) in [6, 6.07) is 8.37. The van der Waals surface area contributed by atoms with E-state index in [9.17, 15) is 4.79 Å². The van der Waals surface area contributed by atoms with E-state index in [4.69, 9.17) is 9.47 Å². The summed E-state index contributed by atoms with van der Waals surface area (Å²) >= 11 is 0. The Morgan fingerprint density at radius 1 is 1.11 bits per heavy atom. The van der Waals surface area contributed by atoms with Crippen molar-refractivity contribution in [3.8, 4) is 5.88 Å². The van der Waals surface area contributed by atoms with Gasteiger partial charge in [0, 0.05) is 57.4 Å². The molecule has 4 heterocycles. The van der Waals surface area contributed by atoms with Crippen LogP contribution in [0.15, 0.2) is 42.9 Å². The molecular formula is C21H26N4O3. The number of amides is 1. The summed E-state index contributed by atoms with van der Waals surface area (Å²) in [7, 11) is 3.35. The highest BCUT2D eigenvalue weighted by molar-refractivity contribution is 5.94. The summed E-state index contributed by atoms with van der Waals surface area (Å²) in [5.41, 5.74) is 1.85. The predicted molar refractivity (Wildman–Crippen MR) is 104 cm³/mol. The molecule has 4 rings (SSSR count). The number of hydrogen-bond acceptors (Lipinski definition) is 6. The van der Waals surface area contributed by atoms with Crippen molar-refractivity contribution in [2.24, 2.45) is 0 Å². The number of carbonyl (C=O) groups excluding carboxylic acids is 1. The Labute approximate surface area is 165 Å². The summed E-state index contributed by atoms with van der Waals surface area (Å²) in [6.07, 6.45) is 7.41. The van der Waals surface area contributed by atoms with Crippen molar-refractivity contribution in [3.63, 3.8) is 0 Å². The quantitative estimate of drug-likeness (QED) is 0.789. The standard InChI is InChI=1S/C21H26N4O3/c1-27-18-14-25(20(18)15-5-9-22-10-6-15)17-7-11-24(12-8-17)21(26)16-3-4-19(28-2)23-13-16/h3-6,9-10,13,17-18,20H,7-8,11-12,14H2,1-2H3. The van der Waals surface area contributed by atoms with Gasteiger partial charge in [0.25, 0.3) is 5.91 Å². The second-order valence-corrected chi connectivity index (χ2v) is 7.31. The second kappa shape index (κ2) is 8.24. The average Bonchev–Trinajstić information content (AvgIpc) is 2.74. The zero-order valence-electron chi connectivity index (χ0n) is 16.3. The summed E-state index contributed by atoms with van der Waals surface area (Å²) < 4.78 is 10.7. The highest BCUT2D eigenvalue weighted by atomic mass is 16.5. The van der Waals surface area contributed by atoms with E-state index in [-0.39, 0.29) is 18.1 Å². The number of pyridine rings is 2. The van der Waals surface area contributed by atoms with Crippen LogP contribution >= 0.6 is 0 Å². The van der Waals surface area contributed by atoms with Gasteiger partial charge in [-0.15, -0.1) is 0 Å². The maximum absolute atomic E-state index is 12.7. The zero-order chi connectivity index (χ0) is 19.5. The minimum Gasteiger partial charge on any atom is -0.481 e. The average molecular weight is 382 g/mol. The zero-order valence-corrected chi connectivity index (χ0v) is 16.3. The van der Waals surface area contributed by atoms with E-state index < -0.39 is 0 Å². The molecule has 0 bridgehead atoms. The van der Waals surface area contributed by atoms with Crippen LogP contribution in [0.2, 0.25) is 0 Å². The number of piperidine rings is 1. The van der Waals surface area contributed by atoms with Gasteiger partial charge in [0.1, 0.15) is 0 Å². The van der Waals surface area contributed by atoms with Crippen molar-refractivity contribution in [1.29, 1.82) is 0 Å². The van der Waals surface area contributed by atoms with Crippen molar-refractivity contribution >= 4 is 5.91 Å². The van der Waals surface area contributed by atoms with Crippen LogP contribution in [-0.2, 0) is 4.74 Å². The Hall–Kier alpha value is -2.51. The van der Waals surface area contributed by atoms with E-state index in [1.54, 1.807) is 32.5 Å². The van der Waals surface area contributed by atoms with Crippen LogP contribution in [0.25, 0.3) is 0 Å². The molecule has 2 aliphatic heterocycles. The predicted octanol–water partition coefficient (Wildman–Crippen LogP) is 2.16. The van der Waals surface area contributed by atoms with E-state index >= 15 is 0 Å². The Balaban J connectivity index is 1.37.